The van der Waals surface area contributed by atoms with E-state index in [4.69, 9.17) is 12.2 Å². The minimum Gasteiger partial charge on any atom is -0.360 e. The van der Waals surface area contributed by atoms with Crippen LogP contribution in [-0.4, -0.2) is 21.1 Å². The number of benzene rings is 1. The maximum atomic E-state index is 5.33. The van der Waals surface area contributed by atoms with Crippen LogP contribution in [0.5, 0.6) is 0 Å². The van der Waals surface area contributed by atoms with Crippen LogP contribution >= 0.6 is 12.2 Å². The van der Waals surface area contributed by atoms with Gasteiger partial charge in [-0.05, 0) is 44.3 Å². The van der Waals surface area contributed by atoms with Crippen LogP contribution in [0, 0.1) is 0 Å². The Morgan fingerprint density at radius 3 is 2.57 bits per heavy atom. The standard InChI is InChI=1S/C16H16N4S/c1-10(2)19-16(21)20-14-9-13-11(5-3-7-17-13)12-6-4-8-18-15(12)14/h3-10H,1-2H3,(H2,19,20,21). The number of hydrogen-bond donors (Lipinski definition) is 2. The van der Waals surface area contributed by atoms with E-state index in [0.717, 1.165) is 27.5 Å². The molecule has 3 aromatic rings. The summed E-state index contributed by atoms with van der Waals surface area (Å²) in [6, 6.07) is 10.2. The zero-order valence-corrected chi connectivity index (χ0v) is 12.7. The summed E-state index contributed by atoms with van der Waals surface area (Å²) in [6.45, 7) is 4.10. The van der Waals surface area contributed by atoms with Gasteiger partial charge in [-0.2, -0.15) is 0 Å². The van der Waals surface area contributed by atoms with Crippen molar-refractivity contribution >= 4 is 44.8 Å². The summed E-state index contributed by atoms with van der Waals surface area (Å²) in [6.07, 6.45) is 3.58. The third-order valence-corrected chi connectivity index (χ3v) is 3.36. The fraction of sp³-hybridized carbons (Fsp3) is 0.188. The minimum absolute atomic E-state index is 0.280. The highest BCUT2D eigenvalue weighted by atomic mass is 32.1. The van der Waals surface area contributed by atoms with E-state index < -0.39 is 0 Å². The average molecular weight is 296 g/mol. The molecule has 0 aliphatic carbocycles. The van der Waals surface area contributed by atoms with Crippen molar-refractivity contribution in [3.63, 3.8) is 0 Å². The third kappa shape index (κ3) is 2.78. The van der Waals surface area contributed by atoms with Gasteiger partial charge < -0.3 is 10.6 Å². The van der Waals surface area contributed by atoms with Crippen molar-refractivity contribution in [1.82, 2.24) is 15.3 Å². The van der Waals surface area contributed by atoms with Gasteiger partial charge in [0.25, 0.3) is 0 Å². The van der Waals surface area contributed by atoms with E-state index in [2.05, 4.69) is 32.7 Å². The Bertz CT molecular complexity index is 814. The molecular formula is C16H16N4S. The van der Waals surface area contributed by atoms with Crippen molar-refractivity contribution in [1.29, 1.82) is 0 Å². The van der Waals surface area contributed by atoms with Crippen LogP contribution in [0.25, 0.3) is 21.8 Å². The summed E-state index contributed by atoms with van der Waals surface area (Å²) < 4.78 is 0. The Hall–Kier alpha value is -2.27. The molecule has 0 bridgehead atoms. The van der Waals surface area contributed by atoms with Crippen LogP contribution in [0.15, 0.2) is 42.7 Å². The molecular weight excluding hydrogens is 280 g/mol. The lowest BCUT2D eigenvalue weighted by Crippen LogP contribution is -2.34. The van der Waals surface area contributed by atoms with Gasteiger partial charge in [0.2, 0.25) is 0 Å². The number of rotatable bonds is 2. The summed E-state index contributed by atoms with van der Waals surface area (Å²) in [4.78, 5) is 8.91. The molecule has 0 saturated heterocycles. The normalized spacial score (nSPS) is 11.0. The van der Waals surface area contributed by atoms with Gasteiger partial charge in [0.05, 0.1) is 16.7 Å². The van der Waals surface area contributed by atoms with E-state index >= 15 is 0 Å². The first-order valence-electron chi connectivity index (χ1n) is 6.85. The number of fused-ring (bicyclic) bond motifs is 3. The molecule has 2 N–H and O–H groups in total. The van der Waals surface area contributed by atoms with Crippen molar-refractivity contribution in [3.8, 4) is 0 Å². The molecule has 0 amide bonds. The highest BCUT2D eigenvalue weighted by Gasteiger charge is 2.09. The van der Waals surface area contributed by atoms with Gasteiger partial charge in [-0.25, -0.2) is 0 Å². The second kappa shape index (κ2) is 5.61. The van der Waals surface area contributed by atoms with Crippen molar-refractivity contribution in [2.24, 2.45) is 0 Å². The molecule has 1 aromatic carbocycles. The molecule has 5 heteroatoms. The highest BCUT2D eigenvalue weighted by Crippen LogP contribution is 2.29. The predicted octanol–water partition coefficient (Wildman–Crippen LogP) is 3.48. The van der Waals surface area contributed by atoms with E-state index in [1.54, 1.807) is 12.4 Å². The lowest BCUT2D eigenvalue weighted by molar-refractivity contribution is 0.739. The van der Waals surface area contributed by atoms with Crippen molar-refractivity contribution in [2.75, 3.05) is 5.32 Å². The maximum absolute atomic E-state index is 5.33. The fourth-order valence-electron chi connectivity index (χ4n) is 2.32. The van der Waals surface area contributed by atoms with Crippen LogP contribution in [0.4, 0.5) is 5.69 Å². The highest BCUT2D eigenvalue weighted by molar-refractivity contribution is 7.80. The van der Waals surface area contributed by atoms with Crippen LogP contribution in [-0.2, 0) is 0 Å². The molecule has 0 spiro atoms. The van der Waals surface area contributed by atoms with Crippen LogP contribution in [0.1, 0.15) is 13.8 Å². The summed E-state index contributed by atoms with van der Waals surface area (Å²) >= 11 is 5.33. The second-order valence-electron chi connectivity index (χ2n) is 5.15. The number of hydrogen-bond acceptors (Lipinski definition) is 3. The third-order valence-electron chi connectivity index (χ3n) is 3.14. The van der Waals surface area contributed by atoms with E-state index in [1.807, 2.05) is 32.0 Å². The molecule has 0 aliphatic rings. The molecule has 0 atom stereocenters. The van der Waals surface area contributed by atoms with Crippen molar-refractivity contribution in [2.45, 2.75) is 19.9 Å². The van der Waals surface area contributed by atoms with Gasteiger partial charge in [0.15, 0.2) is 5.11 Å². The van der Waals surface area contributed by atoms with Gasteiger partial charge >= 0.3 is 0 Å². The largest absolute Gasteiger partial charge is 0.360 e. The molecule has 0 fully saturated rings. The van der Waals surface area contributed by atoms with Gasteiger partial charge in [-0.15, -0.1) is 0 Å². The molecule has 21 heavy (non-hydrogen) atoms. The van der Waals surface area contributed by atoms with Gasteiger partial charge in [-0.1, -0.05) is 12.1 Å². The Morgan fingerprint density at radius 2 is 1.81 bits per heavy atom. The molecule has 106 valence electrons. The fourth-order valence-corrected chi connectivity index (χ4v) is 2.66. The number of thiocarbonyl (C=S) groups is 1. The number of pyridine rings is 2. The van der Waals surface area contributed by atoms with Crippen LogP contribution in [0.3, 0.4) is 0 Å². The number of aromatic nitrogens is 2. The van der Waals surface area contributed by atoms with Crippen LogP contribution < -0.4 is 10.6 Å². The summed E-state index contributed by atoms with van der Waals surface area (Å²) in [5.74, 6) is 0. The van der Waals surface area contributed by atoms with E-state index in [1.165, 1.54) is 0 Å². The first kappa shape index (κ1) is 13.7. The summed E-state index contributed by atoms with van der Waals surface area (Å²) in [5, 5.41) is 9.15. The monoisotopic (exact) mass is 296 g/mol. The second-order valence-corrected chi connectivity index (χ2v) is 5.56. The zero-order valence-electron chi connectivity index (χ0n) is 11.9. The molecule has 2 heterocycles. The topological polar surface area (TPSA) is 49.8 Å². The summed E-state index contributed by atoms with van der Waals surface area (Å²) in [7, 11) is 0. The molecule has 0 unspecified atom stereocenters. The van der Waals surface area contributed by atoms with E-state index in [0.29, 0.717) is 5.11 Å². The smallest absolute Gasteiger partial charge is 0.171 e. The lowest BCUT2D eigenvalue weighted by atomic mass is 10.1. The van der Waals surface area contributed by atoms with Crippen LogP contribution in [0.2, 0.25) is 0 Å². The van der Waals surface area contributed by atoms with Crippen molar-refractivity contribution in [3.05, 3.63) is 42.7 Å². The zero-order chi connectivity index (χ0) is 14.8. The Labute approximate surface area is 128 Å². The predicted molar refractivity (Wildman–Crippen MR) is 91.5 cm³/mol. The van der Waals surface area contributed by atoms with E-state index in [-0.39, 0.29) is 6.04 Å². The summed E-state index contributed by atoms with van der Waals surface area (Å²) in [5.41, 5.74) is 2.69. The number of nitrogens with zero attached hydrogens (tertiary/aromatic N) is 2. The average Bonchev–Trinajstić information content (AvgIpc) is 2.46. The Morgan fingerprint density at radius 1 is 1.10 bits per heavy atom. The van der Waals surface area contributed by atoms with Gasteiger partial charge in [0, 0.05) is 29.2 Å². The Kier molecular flexibility index (Phi) is 3.66. The molecule has 0 saturated carbocycles. The molecule has 0 radical (unpaired) electrons. The minimum atomic E-state index is 0.280. The Balaban J connectivity index is 2.14. The van der Waals surface area contributed by atoms with E-state index in [9.17, 15) is 0 Å². The molecule has 4 nitrogen and oxygen atoms in total. The van der Waals surface area contributed by atoms with Gasteiger partial charge in [-0.3, -0.25) is 9.97 Å². The molecule has 2 aromatic heterocycles. The molecule has 0 aliphatic heterocycles. The first-order chi connectivity index (χ1) is 10.1. The number of anilines is 1. The maximum Gasteiger partial charge on any atom is 0.171 e. The SMILES string of the molecule is CC(C)NC(=S)Nc1cc2ncccc2c2cccnc12. The van der Waals surface area contributed by atoms with Gasteiger partial charge in [0.1, 0.15) is 0 Å². The number of nitrogens with one attached hydrogen (secondary N) is 2. The lowest BCUT2D eigenvalue weighted by Gasteiger charge is -2.15. The first-order valence-corrected chi connectivity index (χ1v) is 7.26. The quantitative estimate of drug-likeness (QED) is 0.560. The molecule has 3 rings (SSSR count). The van der Waals surface area contributed by atoms with Crippen molar-refractivity contribution < 1.29 is 0 Å².